The van der Waals surface area contributed by atoms with Gasteiger partial charge in [-0.1, -0.05) is 0 Å². The van der Waals surface area contributed by atoms with Crippen LogP contribution in [-0.2, 0) is 22.3 Å². The summed E-state index contributed by atoms with van der Waals surface area (Å²) in [6, 6.07) is 0. The monoisotopic (exact) mass is 337 g/mol. The van der Waals surface area contributed by atoms with Gasteiger partial charge in [0.2, 0.25) is 5.91 Å². The molecule has 0 unspecified atom stereocenters. The highest BCUT2D eigenvalue weighted by Crippen LogP contribution is 2.33. The van der Waals surface area contributed by atoms with Gasteiger partial charge in [-0.05, 0) is 12.8 Å². The quantitative estimate of drug-likeness (QED) is 0.911. The predicted molar refractivity (Wildman–Crippen MR) is 75.1 cm³/mol. The minimum absolute atomic E-state index is 0.0438. The molecule has 22 heavy (non-hydrogen) atoms. The van der Waals surface area contributed by atoms with E-state index < -0.39 is 17.3 Å². The first-order valence-electron chi connectivity index (χ1n) is 6.83. The van der Waals surface area contributed by atoms with Gasteiger partial charge in [0.15, 0.2) is 5.69 Å². The Kier molecular flexibility index (Phi) is 5.08. The standard InChI is InChI=1S/C13H18F3N3O2S/c1-19(6-10-18-9(7-22-10)13(14,15)16)11(20)12(8-17)2-4-21-5-3-12/h7H,2-6,8,17H2,1H3. The van der Waals surface area contributed by atoms with E-state index in [1.807, 2.05) is 0 Å². The van der Waals surface area contributed by atoms with E-state index >= 15 is 0 Å². The minimum atomic E-state index is -4.46. The molecule has 0 radical (unpaired) electrons. The van der Waals surface area contributed by atoms with E-state index in [1.165, 1.54) is 4.90 Å². The van der Waals surface area contributed by atoms with Crippen molar-refractivity contribution in [1.82, 2.24) is 9.88 Å². The van der Waals surface area contributed by atoms with Gasteiger partial charge in [0, 0.05) is 32.2 Å². The third-order valence-electron chi connectivity index (χ3n) is 3.86. The van der Waals surface area contributed by atoms with Crippen LogP contribution >= 0.6 is 11.3 Å². The van der Waals surface area contributed by atoms with E-state index in [1.54, 1.807) is 7.05 Å². The lowest BCUT2D eigenvalue weighted by Crippen LogP contribution is -2.49. The Morgan fingerprint density at radius 1 is 1.50 bits per heavy atom. The number of hydrogen-bond donors (Lipinski definition) is 1. The molecular weight excluding hydrogens is 319 g/mol. The Morgan fingerprint density at radius 2 is 2.14 bits per heavy atom. The maximum Gasteiger partial charge on any atom is 0.434 e. The summed E-state index contributed by atoms with van der Waals surface area (Å²) in [5.74, 6) is -0.165. The van der Waals surface area contributed by atoms with Crippen molar-refractivity contribution in [1.29, 1.82) is 0 Å². The van der Waals surface area contributed by atoms with Gasteiger partial charge in [-0.3, -0.25) is 4.79 Å². The number of amides is 1. The van der Waals surface area contributed by atoms with Gasteiger partial charge in [0.25, 0.3) is 0 Å². The van der Waals surface area contributed by atoms with Crippen LogP contribution in [0.1, 0.15) is 23.5 Å². The van der Waals surface area contributed by atoms with Crippen molar-refractivity contribution < 1.29 is 22.7 Å². The minimum Gasteiger partial charge on any atom is -0.381 e. The zero-order valence-corrected chi connectivity index (χ0v) is 13.0. The number of rotatable bonds is 4. The Bertz CT molecular complexity index is 527. The van der Waals surface area contributed by atoms with Crippen molar-refractivity contribution in [2.45, 2.75) is 25.6 Å². The fraction of sp³-hybridized carbons (Fsp3) is 0.692. The van der Waals surface area contributed by atoms with E-state index in [0.29, 0.717) is 26.1 Å². The van der Waals surface area contributed by atoms with Gasteiger partial charge in [0.05, 0.1) is 12.0 Å². The van der Waals surface area contributed by atoms with Gasteiger partial charge in [-0.2, -0.15) is 13.2 Å². The van der Waals surface area contributed by atoms with Gasteiger partial charge >= 0.3 is 6.18 Å². The number of carbonyl (C=O) groups is 1. The number of aromatic nitrogens is 1. The van der Waals surface area contributed by atoms with Crippen LogP contribution < -0.4 is 5.73 Å². The number of hydrogen-bond acceptors (Lipinski definition) is 5. The van der Waals surface area contributed by atoms with Crippen molar-refractivity contribution in [3.05, 3.63) is 16.1 Å². The first-order chi connectivity index (χ1) is 10.3. The molecule has 0 spiro atoms. The van der Waals surface area contributed by atoms with Crippen LogP contribution in [0.4, 0.5) is 13.2 Å². The molecule has 124 valence electrons. The summed E-state index contributed by atoms with van der Waals surface area (Å²) in [6.45, 7) is 1.17. The van der Waals surface area contributed by atoms with Gasteiger partial charge in [-0.25, -0.2) is 4.98 Å². The number of nitrogens with zero attached hydrogens (tertiary/aromatic N) is 2. The highest BCUT2D eigenvalue weighted by atomic mass is 32.1. The number of nitrogens with two attached hydrogens (primary N) is 1. The highest BCUT2D eigenvalue weighted by Gasteiger charge is 2.41. The molecule has 1 aliphatic rings. The lowest BCUT2D eigenvalue weighted by Gasteiger charge is -2.37. The molecule has 1 saturated heterocycles. The molecule has 2 heterocycles. The molecule has 0 aromatic carbocycles. The first kappa shape index (κ1) is 17.2. The second-order valence-corrected chi connectivity index (χ2v) is 6.32. The van der Waals surface area contributed by atoms with Crippen LogP contribution in [0.5, 0.6) is 0 Å². The molecule has 2 N–H and O–H groups in total. The van der Waals surface area contributed by atoms with Gasteiger partial charge in [-0.15, -0.1) is 11.3 Å². The molecule has 1 aromatic rings. The Hall–Kier alpha value is -1.19. The maximum absolute atomic E-state index is 12.6. The topological polar surface area (TPSA) is 68.5 Å². The van der Waals surface area contributed by atoms with Crippen LogP contribution in [-0.4, -0.2) is 42.6 Å². The normalized spacial score (nSPS) is 18.2. The van der Waals surface area contributed by atoms with Crippen molar-refractivity contribution in [2.75, 3.05) is 26.8 Å². The molecule has 0 saturated carbocycles. The molecule has 9 heteroatoms. The van der Waals surface area contributed by atoms with E-state index in [2.05, 4.69) is 4.98 Å². The summed E-state index contributed by atoms with van der Waals surface area (Å²) in [6.07, 6.45) is -3.41. The molecule has 0 atom stereocenters. The number of alkyl halides is 3. The summed E-state index contributed by atoms with van der Waals surface area (Å²) < 4.78 is 42.9. The molecule has 2 rings (SSSR count). The first-order valence-corrected chi connectivity index (χ1v) is 7.71. The lowest BCUT2D eigenvalue weighted by atomic mass is 9.79. The van der Waals surface area contributed by atoms with Crippen molar-refractivity contribution in [2.24, 2.45) is 11.1 Å². The zero-order chi connectivity index (χ0) is 16.4. The Balaban J connectivity index is 2.06. The second kappa shape index (κ2) is 6.51. The third kappa shape index (κ3) is 3.58. The van der Waals surface area contributed by atoms with Crippen molar-refractivity contribution >= 4 is 17.2 Å². The van der Waals surface area contributed by atoms with Gasteiger partial charge in [0.1, 0.15) is 5.01 Å². The number of carbonyl (C=O) groups excluding carboxylic acids is 1. The molecule has 1 fully saturated rings. The van der Waals surface area contributed by atoms with Crippen LogP contribution in [0.15, 0.2) is 5.38 Å². The van der Waals surface area contributed by atoms with E-state index in [4.69, 9.17) is 10.5 Å². The second-order valence-electron chi connectivity index (χ2n) is 5.38. The average molecular weight is 337 g/mol. The molecule has 1 aromatic heterocycles. The SMILES string of the molecule is CN(Cc1nc(C(F)(F)F)cs1)C(=O)C1(CN)CCOCC1. The average Bonchev–Trinajstić information content (AvgIpc) is 2.95. The number of ether oxygens (including phenoxy) is 1. The summed E-state index contributed by atoms with van der Waals surface area (Å²) in [5.41, 5.74) is 4.16. The largest absolute Gasteiger partial charge is 0.434 e. The third-order valence-corrected chi connectivity index (χ3v) is 4.69. The summed E-state index contributed by atoms with van der Waals surface area (Å²) in [4.78, 5) is 17.5. The van der Waals surface area contributed by atoms with Crippen molar-refractivity contribution in [3.63, 3.8) is 0 Å². The number of thiazole rings is 1. The van der Waals surface area contributed by atoms with Gasteiger partial charge < -0.3 is 15.4 Å². The molecule has 1 amide bonds. The molecular formula is C13H18F3N3O2S. The fourth-order valence-corrected chi connectivity index (χ4v) is 3.31. The summed E-state index contributed by atoms with van der Waals surface area (Å²) in [5, 5.41) is 1.21. The predicted octanol–water partition coefficient (Wildman–Crippen LogP) is 1.88. The van der Waals surface area contributed by atoms with Crippen LogP contribution in [0.2, 0.25) is 0 Å². The molecule has 0 bridgehead atoms. The Labute approximate surface area is 130 Å². The fourth-order valence-electron chi connectivity index (χ4n) is 2.46. The lowest BCUT2D eigenvalue weighted by molar-refractivity contribution is -0.146. The molecule has 0 aliphatic carbocycles. The number of halogens is 3. The maximum atomic E-state index is 12.6. The van der Waals surface area contributed by atoms with Crippen LogP contribution in [0.25, 0.3) is 0 Å². The summed E-state index contributed by atoms with van der Waals surface area (Å²) in [7, 11) is 1.56. The van der Waals surface area contributed by atoms with E-state index in [-0.39, 0.29) is 24.0 Å². The highest BCUT2D eigenvalue weighted by molar-refractivity contribution is 7.09. The van der Waals surface area contributed by atoms with Crippen LogP contribution in [0, 0.1) is 5.41 Å². The van der Waals surface area contributed by atoms with E-state index in [9.17, 15) is 18.0 Å². The smallest absolute Gasteiger partial charge is 0.381 e. The molecule has 1 aliphatic heterocycles. The molecule has 5 nitrogen and oxygen atoms in total. The van der Waals surface area contributed by atoms with E-state index in [0.717, 1.165) is 16.7 Å². The van der Waals surface area contributed by atoms with Crippen LogP contribution in [0.3, 0.4) is 0 Å². The zero-order valence-electron chi connectivity index (χ0n) is 12.2. The van der Waals surface area contributed by atoms with Crippen molar-refractivity contribution in [3.8, 4) is 0 Å². The Morgan fingerprint density at radius 3 is 2.64 bits per heavy atom. The summed E-state index contributed by atoms with van der Waals surface area (Å²) >= 11 is 0.894.